The molecule has 464 valence electrons. The third kappa shape index (κ3) is 37.7. The quantitative estimate of drug-likeness (QED) is 0.133. The van der Waals surface area contributed by atoms with E-state index in [0.29, 0.717) is 0 Å². The molecule has 5 heterocycles. The number of aryl methyl sites for hydroxylation is 7. The maximum absolute atomic E-state index is 12.2. The minimum atomic E-state index is -0.0175. The monoisotopic (exact) mass is 1290 g/mol. The summed E-state index contributed by atoms with van der Waals surface area (Å²) in [7, 11) is 3.34. The van der Waals surface area contributed by atoms with Gasteiger partial charge in [-0.2, -0.15) is 0 Å². The number of anilines is 1. The molecule has 7 rings (SSSR count). The Hall–Kier alpha value is -4.20. The number of aromatic nitrogens is 3. The first-order chi connectivity index (χ1) is 36.8. The number of nitrogens with one attached hydrogen (secondary N) is 3. The first-order valence-corrected chi connectivity index (χ1v) is 30.2. The second kappa shape index (κ2) is 64.0. The molecule has 2 aliphatic rings. The van der Waals surface area contributed by atoms with Crippen molar-refractivity contribution in [2.45, 2.75) is 246 Å². The van der Waals surface area contributed by atoms with Gasteiger partial charge in [0.15, 0.2) is 0 Å². The van der Waals surface area contributed by atoms with Crippen LogP contribution in [-0.4, -0.2) is 54.0 Å². The van der Waals surface area contributed by atoms with E-state index >= 15 is 0 Å². The van der Waals surface area contributed by atoms with E-state index in [2.05, 4.69) is 125 Å². The van der Waals surface area contributed by atoms with Crippen molar-refractivity contribution in [1.29, 1.82) is 0 Å². The molecule has 2 aromatic carbocycles. The molecule has 0 aliphatic carbocycles. The van der Waals surface area contributed by atoms with Crippen LogP contribution in [0.15, 0.2) is 77.3 Å². The van der Waals surface area contributed by atoms with Gasteiger partial charge in [0.2, 0.25) is 0 Å². The summed E-state index contributed by atoms with van der Waals surface area (Å²) in [6.45, 7) is 50.4. The molecule has 0 saturated heterocycles. The number of rotatable bonds is 8. The normalized spacial score (nSPS) is 10.0. The molecular formula is C69H127BrIN7O2. The molecule has 0 atom stereocenters. The van der Waals surface area contributed by atoms with Crippen LogP contribution in [0.5, 0.6) is 0 Å². The molecule has 0 fully saturated rings. The van der Waals surface area contributed by atoms with Crippen LogP contribution in [0.2, 0.25) is 0 Å². The fourth-order valence-electron chi connectivity index (χ4n) is 7.19. The van der Waals surface area contributed by atoms with Crippen LogP contribution in [0, 0.1) is 34.6 Å². The molecule has 0 bridgehead atoms. The summed E-state index contributed by atoms with van der Waals surface area (Å²) in [6, 6.07) is 24.5. The summed E-state index contributed by atoms with van der Waals surface area (Å²) in [6.07, 6.45) is 9.15. The highest BCUT2D eigenvalue weighted by atomic mass is 127. The molecule has 9 nitrogen and oxygen atoms in total. The van der Waals surface area contributed by atoms with Crippen LogP contribution in [0.25, 0.3) is 0 Å². The Labute approximate surface area is 522 Å². The highest BCUT2D eigenvalue weighted by Crippen LogP contribution is 2.27. The van der Waals surface area contributed by atoms with Crippen molar-refractivity contribution >= 4 is 57.5 Å². The van der Waals surface area contributed by atoms with E-state index in [1.807, 2.05) is 154 Å². The number of carbonyl (C=O) groups excluding carboxylic acids is 2. The van der Waals surface area contributed by atoms with Gasteiger partial charge >= 0.3 is 0 Å². The molecular weight excluding hydrogens is 1170 g/mol. The number of carbonyl (C=O) groups is 2. The molecule has 3 aromatic heterocycles. The van der Waals surface area contributed by atoms with Gasteiger partial charge in [0.25, 0.3) is 11.8 Å². The zero-order chi connectivity index (χ0) is 59.6. The van der Waals surface area contributed by atoms with Gasteiger partial charge in [0, 0.05) is 72.1 Å². The van der Waals surface area contributed by atoms with Crippen molar-refractivity contribution < 1.29 is 9.59 Å². The van der Waals surface area contributed by atoms with Gasteiger partial charge in [-0.3, -0.25) is 19.6 Å². The summed E-state index contributed by atoms with van der Waals surface area (Å²) in [5.41, 5.74) is 14.7. The zero-order valence-electron chi connectivity index (χ0n) is 53.8. The average molecular weight is 1290 g/mol. The average Bonchev–Trinajstić information content (AvgIpc) is 3.48. The molecule has 0 radical (unpaired) electrons. The van der Waals surface area contributed by atoms with E-state index in [-0.39, 0.29) is 58.1 Å². The maximum atomic E-state index is 12.2. The topological polar surface area (TPSA) is 112 Å². The van der Waals surface area contributed by atoms with Gasteiger partial charge < -0.3 is 20.9 Å². The molecule has 2 aliphatic heterocycles. The van der Waals surface area contributed by atoms with Gasteiger partial charge in [0.05, 0.1) is 5.69 Å². The lowest BCUT2D eigenvalue weighted by Gasteiger charge is -2.31. The van der Waals surface area contributed by atoms with Gasteiger partial charge in [0.1, 0.15) is 5.82 Å². The number of amides is 2. The van der Waals surface area contributed by atoms with Crippen LogP contribution >= 0.6 is 39.9 Å². The number of nitrogens with zero attached hydrogens (tertiary/aromatic N) is 4. The molecule has 80 heavy (non-hydrogen) atoms. The minimum Gasteiger partial charge on any atom is -0.355 e. The molecule has 0 unspecified atom stereocenters. The number of fused-ring (bicyclic) bond motifs is 2. The summed E-state index contributed by atoms with van der Waals surface area (Å²) >= 11 is 3.37. The molecule has 0 spiro atoms. The molecule has 2 amide bonds. The minimum absolute atomic E-state index is 0. The van der Waals surface area contributed by atoms with Gasteiger partial charge in [-0.1, -0.05) is 209 Å². The SMILES string of the molecule is C.C.C.CC.CC.CC.CC.CC.CC.CC.CCCC.CCCc1ccc(C)nc1C.CCCc1ccc(N2CCc3cccc(C(=O)NC)c3C2)nc1C.CNC(=O)c1cccc2c1CNCC2.Cc1ccc(Br)c(C)n1.I. The van der Waals surface area contributed by atoms with Gasteiger partial charge in [-0.05, 0) is 153 Å². The largest absolute Gasteiger partial charge is 0.355 e. The number of pyridine rings is 3. The van der Waals surface area contributed by atoms with Crippen LogP contribution in [-0.2, 0) is 38.8 Å². The summed E-state index contributed by atoms with van der Waals surface area (Å²) in [5, 5.41) is 8.69. The highest BCUT2D eigenvalue weighted by Gasteiger charge is 2.23. The van der Waals surface area contributed by atoms with E-state index in [4.69, 9.17) is 4.98 Å². The lowest BCUT2D eigenvalue weighted by Crippen LogP contribution is -2.33. The molecule has 11 heteroatoms. The summed E-state index contributed by atoms with van der Waals surface area (Å²) in [4.78, 5) is 39.4. The zero-order valence-corrected chi connectivity index (χ0v) is 57.7. The standard InChI is InChI=1S/C20H25N3O.C11H14N2O.C10H15N.C7H8BrN.C4H10.7C2H6.3CH4.HI/c1-4-6-15-9-10-19(22-14(15)2)23-12-11-16-7-5-8-17(18(16)13-23)20(24)21-3;1-12-11(14)9-4-2-3-8-5-6-13-7-10(8)9;1-4-5-10-7-6-8(2)11-9(10)3;1-5-3-4-7(8)6(2)9-5;1-3-4-2;7*1-2;;;;/h5,7-10H,4,6,11-13H2,1-3H3,(H,21,24);2-4,13H,5-7H2,1H3,(H,12,14);6-7H,4-5H2,1-3H3;3-4H,1-2H3;3-4H2,1-2H3;7*1-2H3;3*1H4;1H. The van der Waals surface area contributed by atoms with E-state index in [9.17, 15) is 9.59 Å². The Kier molecular flexibility index (Phi) is 76.0. The van der Waals surface area contributed by atoms with Crippen molar-refractivity contribution in [2.24, 2.45) is 0 Å². The third-order valence-electron chi connectivity index (χ3n) is 10.9. The first-order valence-electron chi connectivity index (χ1n) is 29.4. The Morgan fingerprint density at radius 1 is 0.525 bits per heavy atom. The summed E-state index contributed by atoms with van der Waals surface area (Å²) < 4.78 is 1.08. The van der Waals surface area contributed by atoms with Crippen molar-refractivity contribution in [3.8, 4) is 0 Å². The van der Waals surface area contributed by atoms with Crippen molar-refractivity contribution in [3.63, 3.8) is 0 Å². The Balaban J connectivity index is -0.000000112. The Bertz CT molecular complexity index is 2200. The lowest BCUT2D eigenvalue weighted by molar-refractivity contribution is 0.0953. The van der Waals surface area contributed by atoms with Crippen LogP contribution in [0.4, 0.5) is 5.82 Å². The van der Waals surface area contributed by atoms with E-state index in [1.165, 1.54) is 47.2 Å². The number of benzene rings is 2. The maximum Gasteiger partial charge on any atom is 0.251 e. The second-order valence-corrected chi connectivity index (χ2v) is 16.6. The lowest BCUT2D eigenvalue weighted by atomic mass is 9.94. The summed E-state index contributed by atoms with van der Waals surface area (Å²) in [5.74, 6) is 0.992. The van der Waals surface area contributed by atoms with Crippen LogP contribution in [0.3, 0.4) is 0 Å². The fraction of sp³-hybridized carbons (Fsp3) is 0.580. The van der Waals surface area contributed by atoms with E-state index in [0.717, 1.165) is 114 Å². The Morgan fingerprint density at radius 3 is 1.31 bits per heavy atom. The van der Waals surface area contributed by atoms with Crippen molar-refractivity contribution in [2.75, 3.05) is 32.1 Å². The Morgan fingerprint density at radius 2 is 0.925 bits per heavy atom. The molecule has 5 aromatic rings. The number of hydrogen-bond acceptors (Lipinski definition) is 7. The smallest absolute Gasteiger partial charge is 0.251 e. The predicted octanol–water partition coefficient (Wildman–Crippen LogP) is 20.6. The van der Waals surface area contributed by atoms with Gasteiger partial charge in [-0.25, -0.2) is 4.98 Å². The third-order valence-corrected chi connectivity index (χ3v) is 11.7. The highest BCUT2D eigenvalue weighted by molar-refractivity contribution is 14.0. The number of hydrogen-bond donors (Lipinski definition) is 3. The van der Waals surface area contributed by atoms with E-state index < -0.39 is 0 Å². The molecule has 0 saturated carbocycles. The van der Waals surface area contributed by atoms with Gasteiger partial charge in [-0.15, -0.1) is 24.0 Å². The number of unbranched alkanes of at least 4 members (excludes halogenated alkanes) is 1. The second-order valence-electron chi connectivity index (χ2n) is 15.8. The van der Waals surface area contributed by atoms with Crippen LogP contribution in [0.1, 0.15) is 255 Å². The molecule has 3 N–H and O–H groups in total. The predicted molar refractivity (Wildman–Crippen MR) is 378 cm³/mol. The first kappa shape index (κ1) is 95.0. The van der Waals surface area contributed by atoms with Crippen LogP contribution < -0.4 is 20.9 Å². The van der Waals surface area contributed by atoms with Crippen molar-refractivity contribution in [3.05, 3.63) is 150 Å². The van der Waals surface area contributed by atoms with E-state index in [1.54, 1.807) is 14.1 Å². The number of halogens is 2. The van der Waals surface area contributed by atoms with Crippen molar-refractivity contribution in [1.82, 2.24) is 30.9 Å². The fourth-order valence-corrected chi connectivity index (χ4v) is 7.41.